The number of benzene rings is 2. The summed E-state index contributed by atoms with van der Waals surface area (Å²) in [6.45, 7) is 7.24. The molecule has 0 spiro atoms. The van der Waals surface area contributed by atoms with Gasteiger partial charge in [0, 0.05) is 13.1 Å². The Morgan fingerprint density at radius 3 is 2.29 bits per heavy atom. The summed E-state index contributed by atoms with van der Waals surface area (Å²) < 4.78 is 11.4. The van der Waals surface area contributed by atoms with Crippen LogP contribution in [0, 0.1) is 11.8 Å². The van der Waals surface area contributed by atoms with Gasteiger partial charge in [0.25, 0.3) is 0 Å². The number of carbonyl (C=O) groups is 1. The van der Waals surface area contributed by atoms with E-state index in [9.17, 15) is 4.79 Å². The second-order valence-electron chi connectivity index (χ2n) is 8.64. The van der Waals surface area contributed by atoms with E-state index < -0.39 is 5.60 Å². The number of fused-ring (bicyclic) bond motifs is 1. The maximum atomic E-state index is 12.3. The molecule has 1 saturated heterocycles. The van der Waals surface area contributed by atoms with Crippen molar-refractivity contribution in [3.05, 3.63) is 66.2 Å². The van der Waals surface area contributed by atoms with Gasteiger partial charge in [-0.25, -0.2) is 4.79 Å². The lowest BCUT2D eigenvalue weighted by molar-refractivity contribution is 0.0285. The molecular weight excluding hydrogens is 350 g/mol. The van der Waals surface area contributed by atoms with Gasteiger partial charge in [-0.1, -0.05) is 36.4 Å². The van der Waals surface area contributed by atoms with E-state index in [1.807, 2.05) is 68.1 Å². The lowest BCUT2D eigenvalue weighted by atomic mass is 9.98. The SMILES string of the molecule is CC(C)(C)OC(=O)N1CC2C=C(c3ccc(Oc4ccccc4)cc3)CC2C1. The fraction of sp³-hybridized carbons (Fsp3) is 0.375. The van der Waals surface area contributed by atoms with Crippen LogP contribution >= 0.6 is 0 Å². The number of nitrogens with zero attached hydrogens (tertiary/aromatic N) is 1. The van der Waals surface area contributed by atoms with Crippen LogP contribution in [0.5, 0.6) is 11.5 Å². The Morgan fingerprint density at radius 2 is 1.64 bits per heavy atom. The predicted molar refractivity (Wildman–Crippen MR) is 110 cm³/mol. The maximum absolute atomic E-state index is 12.3. The van der Waals surface area contributed by atoms with Crippen LogP contribution < -0.4 is 4.74 Å². The van der Waals surface area contributed by atoms with Gasteiger partial charge in [0.2, 0.25) is 0 Å². The molecule has 4 nitrogen and oxygen atoms in total. The van der Waals surface area contributed by atoms with Crippen molar-refractivity contribution in [2.45, 2.75) is 32.8 Å². The molecule has 1 heterocycles. The van der Waals surface area contributed by atoms with Crippen LogP contribution in [-0.4, -0.2) is 29.7 Å². The molecule has 4 rings (SSSR count). The topological polar surface area (TPSA) is 38.8 Å². The quantitative estimate of drug-likeness (QED) is 0.684. The van der Waals surface area contributed by atoms with E-state index in [-0.39, 0.29) is 6.09 Å². The summed E-state index contributed by atoms with van der Waals surface area (Å²) in [5.41, 5.74) is 2.16. The summed E-state index contributed by atoms with van der Waals surface area (Å²) >= 11 is 0. The minimum Gasteiger partial charge on any atom is -0.457 e. The number of likely N-dealkylation sites (tertiary alicyclic amines) is 1. The Morgan fingerprint density at radius 1 is 0.964 bits per heavy atom. The minimum atomic E-state index is -0.445. The first kappa shape index (κ1) is 18.6. The zero-order valence-corrected chi connectivity index (χ0v) is 16.7. The summed E-state index contributed by atoms with van der Waals surface area (Å²) in [5.74, 6) is 2.59. The van der Waals surface area contributed by atoms with E-state index in [1.165, 1.54) is 11.1 Å². The van der Waals surface area contributed by atoms with Gasteiger partial charge in [-0.3, -0.25) is 0 Å². The first-order chi connectivity index (χ1) is 13.4. The fourth-order valence-corrected chi connectivity index (χ4v) is 3.96. The van der Waals surface area contributed by atoms with Crippen molar-refractivity contribution in [3.8, 4) is 11.5 Å². The van der Waals surface area contributed by atoms with Crippen LogP contribution in [0.2, 0.25) is 0 Å². The normalized spacial score (nSPS) is 21.2. The van der Waals surface area contributed by atoms with Crippen molar-refractivity contribution in [1.29, 1.82) is 0 Å². The summed E-state index contributed by atoms with van der Waals surface area (Å²) in [4.78, 5) is 14.2. The number of hydrogen-bond donors (Lipinski definition) is 0. The van der Waals surface area contributed by atoms with Crippen molar-refractivity contribution < 1.29 is 14.3 Å². The van der Waals surface area contributed by atoms with Gasteiger partial charge in [0.15, 0.2) is 0 Å². The van der Waals surface area contributed by atoms with E-state index in [0.717, 1.165) is 31.0 Å². The molecule has 1 aliphatic heterocycles. The van der Waals surface area contributed by atoms with E-state index in [0.29, 0.717) is 11.8 Å². The monoisotopic (exact) mass is 377 g/mol. The molecule has 1 aliphatic carbocycles. The standard InChI is InChI=1S/C24H27NO3/c1-24(2,3)28-23(26)25-15-19-13-18(14-20(19)16-25)17-9-11-22(12-10-17)27-21-7-5-4-6-8-21/h4-13,19-20H,14-16H2,1-3H3. The van der Waals surface area contributed by atoms with E-state index in [1.54, 1.807) is 0 Å². The van der Waals surface area contributed by atoms with Crippen molar-refractivity contribution in [3.63, 3.8) is 0 Å². The molecule has 1 fully saturated rings. The molecule has 2 aromatic rings. The van der Waals surface area contributed by atoms with E-state index >= 15 is 0 Å². The summed E-state index contributed by atoms with van der Waals surface area (Å²) in [7, 11) is 0. The smallest absolute Gasteiger partial charge is 0.410 e. The molecule has 2 atom stereocenters. The number of carbonyl (C=O) groups excluding carboxylic acids is 1. The van der Waals surface area contributed by atoms with Crippen molar-refractivity contribution in [1.82, 2.24) is 4.90 Å². The number of allylic oxidation sites excluding steroid dienone is 1. The molecule has 0 aromatic heterocycles. The maximum Gasteiger partial charge on any atom is 0.410 e. The summed E-state index contributed by atoms with van der Waals surface area (Å²) in [6, 6.07) is 18.1. The van der Waals surface area contributed by atoms with Crippen LogP contribution in [0.4, 0.5) is 4.79 Å². The van der Waals surface area contributed by atoms with Gasteiger partial charge in [-0.15, -0.1) is 0 Å². The largest absolute Gasteiger partial charge is 0.457 e. The Balaban J connectivity index is 1.38. The van der Waals surface area contributed by atoms with Crippen molar-refractivity contribution in [2.75, 3.05) is 13.1 Å². The lowest BCUT2D eigenvalue weighted by Crippen LogP contribution is -2.35. The lowest BCUT2D eigenvalue weighted by Gasteiger charge is -2.24. The van der Waals surface area contributed by atoms with Gasteiger partial charge in [-0.05, 0) is 74.4 Å². The highest BCUT2D eigenvalue weighted by Gasteiger charge is 2.39. The van der Waals surface area contributed by atoms with Crippen molar-refractivity contribution in [2.24, 2.45) is 11.8 Å². The second kappa shape index (κ2) is 7.34. The van der Waals surface area contributed by atoms with Gasteiger partial charge in [0.1, 0.15) is 17.1 Å². The average molecular weight is 377 g/mol. The molecule has 0 radical (unpaired) electrons. The molecule has 146 valence electrons. The van der Waals surface area contributed by atoms with Crippen LogP contribution in [0.25, 0.3) is 5.57 Å². The third kappa shape index (κ3) is 4.22. The minimum absolute atomic E-state index is 0.195. The fourth-order valence-electron chi connectivity index (χ4n) is 3.96. The highest BCUT2D eigenvalue weighted by atomic mass is 16.6. The molecule has 2 unspecified atom stereocenters. The van der Waals surface area contributed by atoms with Crippen LogP contribution in [0.3, 0.4) is 0 Å². The molecule has 0 saturated carbocycles. The Labute approximate surface area is 166 Å². The third-order valence-corrected chi connectivity index (χ3v) is 5.24. The molecule has 4 heteroatoms. The van der Waals surface area contributed by atoms with E-state index in [2.05, 4.69) is 18.2 Å². The third-order valence-electron chi connectivity index (χ3n) is 5.24. The summed E-state index contributed by atoms with van der Waals surface area (Å²) in [6.07, 6.45) is 3.14. The Hall–Kier alpha value is -2.75. The zero-order chi connectivity index (χ0) is 19.7. The molecule has 2 aromatic carbocycles. The van der Waals surface area contributed by atoms with E-state index in [4.69, 9.17) is 9.47 Å². The highest BCUT2D eigenvalue weighted by molar-refractivity contribution is 5.72. The molecule has 2 aliphatic rings. The van der Waals surface area contributed by atoms with Gasteiger partial charge in [-0.2, -0.15) is 0 Å². The zero-order valence-electron chi connectivity index (χ0n) is 16.7. The molecule has 0 bridgehead atoms. The Kier molecular flexibility index (Phi) is 4.88. The molecule has 28 heavy (non-hydrogen) atoms. The summed E-state index contributed by atoms with van der Waals surface area (Å²) in [5, 5.41) is 0. The Bertz CT molecular complexity index is 865. The number of ether oxygens (including phenoxy) is 2. The molecule has 1 amide bonds. The first-order valence-corrected chi connectivity index (χ1v) is 9.89. The van der Waals surface area contributed by atoms with Crippen LogP contribution in [-0.2, 0) is 4.74 Å². The number of para-hydroxylation sites is 1. The highest BCUT2D eigenvalue weighted by Crippen LogP contribution is 2.41. The van der Waals surface area contributed by atoms with Crippen LogP contribution in [0.15, 0.2) is 60.7 Å². The number of hydrogen-bond acceptors (Lipinski definition) is 3. The molecule has 0 N–H and O–H groups in total. The predicted octanol–water partition coefficient (Wildman–Crippen LogP) is 5.75. The first-order valence-electron chi connectivity index (χ1n) is 9.89. The second-order valence-corrected chi connectivity index (χ2v) is 8.64. The van der Waals surface area contributed by atoms with Gasteiger partial charge < -0.3 is 14.4 Å². The number of amides is 1. The number of rotatable bonds is 3. The average Bonchev–Trinajstić information content (AvgIpc) is 3.21. The van der Waals surface area contributed by atoms with Crippen LogP contribution in [0.1, 0.15) is 32.8 Å². The van der Waals surface area contributed by atoms with Crippen molar-refractivity contribution >= 4 is 11.7 Å². The van der Waals surface area contributed by atoms with Gasteiger partial charge in [0.05, 0.1) is 0 Å². The molecular formula is C24H27NO3. The van der Waals surface area contributed by atoms with Gasteiger partial charge >= 0.3 is 6.09 Å².